The molecule has 4 rings (SSSR count). The summed E-state index contributed by atoms with van der Waals surface area (Å²) in [7, 11) is 0. The number of hydrogen-bond donors (Lipinski definition) is 1. The van der Waals surface area contributed by atoms with E-state index in [0.717, 1.165) is 12.8 Å². The van der Waals surface area contributed by atoms with Crippen LogP contribution >= 0.6 is 0 Å². The molecule has 0 spiro atoms. The number of carbonyl (C=O) groups excluding carboxylic acids is 2. The molecule has 2 aliphatic rings. The van der Waals surface area contributed by atoms with E-state index < -0.39 is 17.7 Å². The fourth-order valence-electron chi connectivity index (χ4n) is 4.09. The van der Waals surface area contributed by atoms with Gasteiger partial charge >= 0.3 is 0 Å². The van der Waals surface area contributed by atoms with Gasteiger partial charge in [-0.2, -0.15) is 0 Å². The summed E-state index contributed by atoms with van der Waals surface area (Å²) in [6.45, 7) is 6.56. The fraction of sp³-hybridized carbons (Fsp3) is 0.417. The largest absolute Gasteiger partial charge is 0.507 e. The second-order valence-electron chi connectivity index (χ2n) is 8.23. The van der Waals surface area contributed by atoms with Crippen LogP contribution in [-0.2, 0) is 14.3 Å². The zero-order chi connectivity index (χ0) is 22.1. The van der Waals surface area contributed by atoms with Crippen LogP contribution in [0.3, 0.4) is 0 Å². The molecule has 2 aromatic rings. The monoisotopic (exact) mass is 425 g/mol. The lowest BCUT2D eigenvalue weighted by molar-refractivity contribution is -0.141. The number of likely N-dealkylation sites (tertiary alicyclic amines) is 1. The van der Waals surface area contributed by atoms with Crippen molar-refractivity contribution in [3.63, 3.8) is 0 Å². The molecule has 1 aromatic heterocycles. The number of hydrogen-bond acceptors (Lipinski definition) is 6. The standard InChI is InChI=1S/C24H27NO6/c1-14(2)30-17-9-7-16(8-10-17)22(26)20-21(19-11-6-15(3)31-19)25(24(28)23(20)27)13-18-5-4-12-29-18/h6-11,14,18,21,26H,4-5,12-13H2,1-3H3/b22-20-. The molecule has 3 heterocycles. The van der Waals surface area contributed by atoms with Crippen molar-refractivity contribution in [2.45, 2.75) is 51.9 Å². The maximum absolute atomic E-state index is 13.0. The van der Waals surface area contributed by atoms with Gasteiger partial charge in [-0.05, 0) is 70.0 Å². The maximum atomic E-state index is 13.0. The topological polar surface area (TPSA) is 89.2 Å². The van der Waals surface area contributed by atoms with Crippen LogP contribution in [-0.4, -0.2) is 47.1 Å². The van der Waals surface area contributed by atoms with E-state index in [4.69, 9.17) is 13.9 Å². The van der Waals surface area contributed by atoms with Gasteiger partial charge in [0.15, 0.2) is 0 Å². The van der Waals surface area contributed by atoms with E-state index >= 15 is 0 Å². The first-order valence-corrected chi connectivity index (χ1v) is 10.6. The zero-order valence-corrected chi connectivity index (χ0v) is 18.0. The third-order valence-electron chi connectivity index (χ3n) is 5.49. The second kappa shape index (κ2) is 8.59. The number of Topliss-reactive ketones (excluding diaryl/α,β-unsaturated/α-hetero) is 1. The van der Waals surface area contributed by atoms with Crippen molar-refractivity contribution in [1.82, 2.24) is 4.90 Å². The first-order valence-electron chi connectivity index (χ1n) is 10.6. The molecule has 0 radical (unpaired) electrons. The Morgan fingerprint density at radius 2 is 1.94 bits per heavy atom. The summed E-state index contributed by atoms with van der Waals surface area (Å²) < 4.78 is 17.1. The number of amides is 1. The van der Waals surface area contributed by atoms with Crippen molar-refractivity contribution in [2.24, 2.45) is 0 Å². The first kappa shape index (κ1) is 21.2. The SMILES string of the molecule is Cc1ccc(C2/C(=C(/O)c3ccc(OC(C)C)cc3)C(=O)C(=O)N2CC2CCCO2)o1. The van der Waals surface area contributed by atoms with Crippen LogP contribution in [0.1, 0.15) is 49.8 Å². The van der Waals surface area contributed by atoms with Crippen molar-refractivity contribution in [2.75, 3.05) is 13.2 Å². The van der Waals surface area contributed by atoms with Gasteiger partial charge in [0.1, 0.15) is 29.1 Å². The minimum absolute atomic E-state index is 0.0183. The first-order chi connectivity index (χ1) is 14.8. The summed E-state index contributed by atoms with van der Waals surface area (Å²) in [5.74, 6) is 0.142. The van der Waals surface area contributed by atoms with Crippen LogP contribution in [0.2, 0.25) is 0 Å². The van der Waals surface area contributed by atoms with Crippen LogP contribution in [0.25, 0.3) is 5.76 Å². The highest BCUT2D eigenvalue weighted by Gasteiger charge is 2.48. The third-order valence-corrected chi connectivity index (χ3v) is 5.49. The van der Waals surface area contributed by atoms with Gasteiger partial charge in [0.25, 0.3) is 11.7 Å². The Hall–Kier alpha value is -3.06. The van der Waals surface area contributed by atoms with Crippen LogP contribution in [0.4, 0.5) is 0 Å². The van der Waals surface area contributed by atoms with Crippen molar-refractivity contribution in [3.8, 4) is 5.75 Å². The Balaban J connectivity index is 1.74. The highest BCUT2D eigenvalue weighted by Crippen LogP contribution is 2.40. The predicted molar refractivity (Wildman–Crippen MR) is 114 cm³/mol. The molecule has 7 nitrogen and oxygen atoms in total. The highest BCUT2D eigenvalue weighted by atomic mass is 16.5. The molecular weight excluding hydrogens is 398 g/mol. The molecule has 0 aliphatic carbocycles. The molecule has 1 aromatic carbocycles. The van der Waals surface area contributed by atoms with Crippen LogP contribution in [0.5, 0.6) is 5.75 Å². The van der Waals surface area contributed by atoms with E-state index in [1.807, 2.05) is 13.8 Å². The number of ketones is 1. The molecule has 1 amide bonds. The molecule has 1 N–H and O–H groups in total. The number of nitrogens with zero attached hydrogens (tertiary/aromatic N) is 1. The lowest BCUT2D eigenvalue weighted by Gasteiger charge is -2.25. The highest BCUT2D eigenvalue weighted by molar-refractivity contribution is 6.46. The molecule has 31 heavy (non-hydrogen) atoms. The van der Waals surface area contributed by atoms with E-state index in [1.54, 1.807) is 43.3 Å². The molecule has 7 heteroatoms. The quantitative estimate of drug-likeness (QED) is 0.428. The Bertz CT molecular complexity index is 997. The summed E-state index contributed by atoms with van der Waals surface area (Å²) in [5.41, 5.74) is 0.453. The minimum atomic E-state index is -0.801. The van der Waals surface area contributed by atoms with Crippen LogP contribution < -0.4 is 4.74 Å². The Morgan fingerprint density at radius 1 is 1.19 bits per heavy atom. The summed E-state index contributed by atoms with van der Waals surface area (Å²) in [5, 5.41) is 11.1. The van der Waals surface area contributed by atoms with Gasteiger partial charge in [-0.3, -0.25) is 9.59 Å². The lowest BCUT2D eigenvalue weighted by Crippen LogP contribution is -2.36. The van der Waals surface area contributed by atoms with Gasteiger partial charge in [0.05, 0.1) is 17.8 Å². The number of furan rings is 1. The average Bonchev–Trinajstić information content (AvgIpc) is 3.45. The lowest BCUT2D eigenvalue weighted by atomic mass is 9.99. The van der Waals surface area contributed by atoms with E-state index in [9.17, 15) is 14.7 Å². The predicted octanol–water partition coefficient (Wildman–Crippen LogP) is 3.98. The fourth-order valence-corrected chi connectivity index (χ4v) is 4.09. The third kappa shape index (κ3) is 4.23. The number of aliphatic hydroxyl groups is 1. The van der Waals surface area contributed by atoms with Gasteiger partial charge in [0.2, 0.25) is 0 Å². The summed E-state index contributed by atoms with van der Waals surface area (Å²) in [4.78, 5) is 27.4. The smallest absolute Gasteiger partial charge is 0.295 e. The van der Waals surface area contributed by atoms with Crippen molar-refractivity contribution in [3.05, 3.63) is 59.1 Å². The molecule has 164 valence electrons. The molecule has 2 saturated heterocycles. The summed E-state index contributed by atoms with van der Waals surface area (Å²) >= 11 is 0. The minimum Gasteiger partial charge on any atom is -0.507 e. The Morgan fingerprint density at radius 3 is 2.52 bits per heavy atom. The van der Waals surface area contributed by atoms with Crippen molar-refractivity contribution < 1.29 is 28.6 Å². The average molecular weight is 425 g/mol. The number of rotatable bonds is 6. The second-order valence-corrected chi connectivity index (χ2v) is 8.23. The molecule has 0 saturated carbocycles. The molecule has 2 fully saturated rings. The van der Waals surface area contributed by atoms with Gasteiger partial charge < -0.3 is 23.9 Å². The van der Waals surface area contributed by atoms with E-state index in [1.165, 1.54) is 4.90 Å². The summed E-state index contributed by atoms with van der Waals surface area (Å²) in [6.07, 6.45) is 1.63. The van der Waals surface area contributed by atoms with Gasteiger partial charge in [0, 0.05) is 18.7 Å². The molecule has 0 bridgehead atoms. The molecule has 2 atom stereocenters. The van der Waals surface area contributed by atoms with Gasteiger partial charge in [-0.25, -0.2) is 0 Å². The normalized spacial score (nSPS) is 23.2. The maximum Gasteiger partial charge on any atom is 0.295 e. The van der Waals surface area contributed by atoms with E-state index in [-0.39, 0.29) is 30.1 Å². The van der Waals surface area contributed by atoms with Crippen LogP contribution in [0.15, 0.2) is 46.4 Å². The molecule has 2 unspecified atom stereocenters. The van der Waals surface area contributed by atoms with E-state index in [2.05, 4.69) is 0 Å². The van der Waals surface area contributed by atoms with E-state index in [0.29, 0.717) is 29.4 Å². The van der Waals surface area contributed by atoms with Crippen LogP contribution in [0, 0.1) is 6.92 Å². The number of aryl methyl sites for hydroxylation is 1. The summed E-state index contributed by atoms with van der Waals surface area (Å²) in [6, 6.07) is 9.51. The number of benzene rings is 1. The number of ether oxygens (including phenoxy) is 2. The van der Waals surface area contributed by atoms with Gasteiger partial charge in [-0.1, -0.05) is 0 Å². The number of carbonyl (C=O) groups is 2. The Labute approximate surface area is 181 Å². The molecule has 2 aliphatic heterocycles. The van der Waals surface area contributed by atoms with Crippen molar-refractivity contribution >= 4 is 17.4 Å². The zero-order valence-electron chi connectivity index (χ0n) is 18.0. The molecular formula is C24H27NO6. The van der Waals surface area contributed by atoms with Gasteiger partial charge in [-0.15, -0.1) is 0 Å². The van der Waals surface area contributed by atoms with Crippen molar-refractivity contribution in [1.29, 1.82) is 0 Å². The Kier molecular flexibility index (Phi) is 5.87. The number of aliphatic hydroxyl groups excluding tert-OH is 1.